The van der Waals surface area contributed by atoms with Gasteiger partial charge in [0, 0.05) is 0 Å². The van der Waals surface area contributed by atoms with Crippen LogP contribution in [0, 0.1) is 0 Å². The molecule has 8 heavy (non-hydrogen) atoms. The number of halogens is 1. The van der Waals surface area contributed by atoms with Gasteiger partial charge in [-0.1, -0.05) is 18.2 Å². The molecule has 0 aliphatic carbocycles. The van der Waals surface area contributed by atoms with Crippen LogP contribution in [0.5, 0.6) is 0 Å². The SMILES string of the molecule is C=CCC=CCOF. The zero-order valence-electron chi connectivity index (χ0n) is 4.64. The first-order valence-electron chi connectivity index (χ1n) is 2.41. The van der Waals surface area contributed by atoms with Gasteiger partial charge >= 0.3 is 0 Å². The molecule has 2 heteroatoms. The molecule has 0 amide bonds. The van der Waals surface area contributed by atoms with Crippen LogP contribution < -0.4 is 0 Å². The summed E-state index contributed by atoms with van der Waals surface area (Å²) in [6.07, 6.45) is 5.88. The molecular weight excluding hydrogens is 107 g/mol. The molecule has 0 spiro atoms. The van der Waals surface area contributed by atoms with Crippen LogP contribution in [0.25, 0.3) is 0 Å². The lowest BCUT2D eigenvalue weighted by molar-refractivity contribution is -0.118. The van der Waals surface area contributed by atoms with E-state index in [4.69, 9.17) is 0 Å². The van der Waals surface area contributed by atoms with Crippen molar-refractivity contribution in [3.8, 4) is 0 Å². The van der Waals surface area contributed by atoms with Gasteiger partial charge in [-0.05, 0) is 10.9 Å². The second-order valence-corrected chi connectivity index (χ2v) is 1.27. The third kappa shape index (κ3) is 5.37. The molecule has 0 heterocycles. The summed E-state index contributed by atoms with van der Waals surface area (Å²) >= 11 is 0. The summed E-state index contributed by atoms with van der Waals surface area (Å²) in [5, 5.41) is 0. The van der Waals surface area contributed by atoms with Crippen LogP contribution in [-0.4, -0.2) is 6.61 Å². The number of rotatable bonds is 4. The quantitative estimate of drug-likeness (QED) is 0.510. The van der Waals surface area contributed by atoms with Crippen molar-refractivity contribution in [2.75, 3.05) is 6.61 Å². The molecule has 1 nitrogen and oxygen atoms in total. The maximum atomic E-state index is 10.8. The van der Waals surface area contributed by atoms with E-state index in [0.29, 0.717) is 0 Å². The van der Waals surface area contributed by atoms with Crippen LogP contribution in [0.3, 0.4) is 0 Å². The largest absolute Gasteiger partial charge is 0.190 e. The third-order valence-corrected chi connectivity index (χ3v) is 0.629. The highest BCUT2D eigenvalue weighted by atomic mass is 19.3. The van der Waals surface area contributed by atoms with Gasteiger partial charge in [0.05, 0.1) is 0 Å². The van der Waals surface area contributed by atoms with Gasteiger partial charge in [0.25, 0.3) is 0 Å². The second-order valence-electron chi connectivity index (χ2n) is 1.27. The van der Waals surface area contributed by atoms with Crippen LogP contribution in [0.2, 0.25) is 0 Å². The minimum Gasteiger partial charge on any atom is -0.190 e. The summed E-state index contributed by atoms with van der Waals surface area (Å²) in [6.45, 7) is 3.51. The van der Waals surface area contributed by atoms with Gasteiger partial charge in [0.15, 0.2) is 0 Å². The van der Waals surface area contributed by atoms with Gasteiger partial charge in [0.1, 0.15) is 6.61 Å². The van der Waals surface area contributed by atoms with E-state index in [1.54, 1.807) is 18.2 Å². The van der Waals surface area contributed by atoms with Crippen molar-refractivity contribution in [3.05, 3.63) is 24.8 Å². The van der Waals surface area contributed by atoms with Crippen LogP contribution in [0.1, 0.15) is 6.42 Å². The monoisotopic (exact) mass is 116 g/mol. The number of hydrogen-bond acceptors (Lipinski definition) is 1. The maximum Gasteiger partial charge on any atom is 0.106 e. The Labute approximate surface area is 48.4 Å². The van der Waals surface area contributed by atoms with Crippen LogP contribution >= 0.6 is 0 Å². The normalized spacial score (nSPS) is 10.1. The van der Waals surface area contributed by atoms with Crippen LogP contribution in [0.4, 0.5) is 4.53 Å². The molecule has 0 aromatic carbocycles. The Bertz CT molecular complexity index is 78.6. The Kier molecular flexibility index (Phi) is 5.87. The van der Waals surface area contributed by atoms with Crippen molar-refractivity contribution in [2.45, 2.75) is 6.42 Å². The Morgan fingerprint density at radius 2 is 2.25 bits per heavy atom. The van der Waals surface area contributed by atoms with E-state index in [1.165, 1.54) is 0 Å². The predicted molar refractivity (Wildman–Crippen MR) is 31.0 cm³/mol. The highest BCUT2D eigenvalue weighted by Crippen LogP contribution is 1.83. The van der Waals surface area contributed by atoms with E-state index < -0.39 is 0 Å². The fourth-order valence-corrected chi connectivity index (χ4v) is 0.297. The van der Waals surface area contributed by atoms with Crippen molar-refractivity contribution in [3.63, 3.8) is 0 Å². The summed E-state index contributed by atoms with van der Waals surface area (Å²) < 4.78 is 10.8. The zero-order valence-corrected chi connectivity index (χ0v) is 4.64. The molecule has 0 unspecified atom stereocenters. The highest BCUT2D eigenvalue weighted by Gasteiger charge is 1.71. The molecule has 0 saturated carbocycles. The molecule has 0 rings (SSSR count). The van der Waals surface area contributed by atoms with Crippen molar-refractivity contribution < 1.29 is 9.47 Å². The standard InChI is InChI=1S/C6H9FO/c1-2-3-4-5-6-8-7/h2,4-5H,1,3,6H2. The van der Waals surface area contributed by atoms with E-state index in [0.717, 1.165) is 6.42 Å². The number of allylic oxidation sites excluding steroid dienone is 2. The molecule has 0 N–H and O–H groups in total. The summed E-state index contributed by atoms with van der Waals surface area (Å²) in [4.78, 5) is 3.27. The van der Waals surface area contributed by atoms with E-state index in [9.17, 15) is 4.53 Å². The van der Waals surface area contributed by atoms with E-state index in [1.807, 2.05) is 0 Å². The van der Waals surface area contributed by atoms with Crippen LogP contribution in [-0.2, 0) is 4.94 Å². The zero-order chi connectivity index (χ0) is 6.24. The van der Waals surface area contributed by atoms with E-state index in [2.05, 4.69) is 11.5 Å². The number of hydrogen-bond donors (Lipinski definition) is 0. The first-order valence-corrected chi connectivity index (χ1v) is 2.41. The van der Waals surface area contributed by atoms with Gasteiger partial charge in [-0.15, -0.1) is 6.58 Å². The lowest BCUT2D eigenvalue weighted by Crippen LogP contribution is -1.73. The maximum absolute atomic E-state index is 10.8. The fraction of sp³-hybridized carbons (Fsp3) is 0.333. The van der Waals surface area contributed by atoms with E-state index >= 15 is 0 Å². The summed E-state index contributed by atoms with van der Waals surface area (Å²) in [6, 6.07) is 0. The molecule has 0 radical (unpaired) electrons. The van der Waals surface area contributed by atoms with Crippen LogP contribution in [0.15, 0.2) is 24.8 Å². The Morgan fingerprint density at radius 1 is 1.50 bits per heavy atom. The topological polar surface area (TPSA) is 9.23 Å². The molecular formula is C6H9FO. The molecule has 0 saturated heterocycles. The summed E-state index contributed by atoms with van der Waals surface area (Å²) in [5.41, 5.74) is 0. The molecule has 0 aromatic rings. The minimum absolute atomic E-state index is 0.0356. The molecule has 0 aliphatic heterocycles. The Balaban J connectivity index is 2.94. The van der Waals surface area contributed by atoms with Crippen molar-refractivity contribution >= 4 is 0 Å². The second kappa shape index (κ2) is 6.37. The summed E-state index contributed by atoms with van der Waals surface area (Å²) in [5.74, 6) is 0. The van der Waals surface area contributed by atoms with Gasteiger partial charge < -0.3 is 0 Å². The van der Waals surface area contributed by atoms with E-state index in [-0.39, 0.29) is 6.61 Å². The summed E-state index contributed by atoms with van der Waals surface area (Å²) in [7, 11) is 0. The molecule has 0 aliphatic rings. The predicted octanol–water partition coefficient (Wildman–Crippen LogP) is 2.02. The average molecular weight is 116 g/mol. The van der Waals surface area contributed by atoms with Gasteiger partial charge in [-0.25, -0.2) is 0 Å². The van der Waals surface area contributed by atoms with Crippen molar-refractivity contribution in [1.29, 1.82) is 0 Å². The Morgan fingerprint density at radius 3 is 2.75 bits per heavy atom. The smallest absolute Gasteiger partial charge is 0.106 e. The van der Waals surface area contributed by atoms with Gasteiger partial charge in [-0.2, -0.15) is 4.94 Å². The first-order chi connectivity index (χ1) is 3.91. The average Bonchev–Trinajstić information content (AvgIpc) is 1.81. The molecule has 0 fully saturated rings. The lowest BCUT2D eigenvalue weighted by Gasteiger charge is -1.79. The molecule has 0 bridgehead atoms. The van der Waals surface area contributed by atoms with Crippen molar-refractivity contribution in [1.82, 2.24) is 0 Å². The molecule has 0 aromatic heterocycles. The van der Waals surface area contributed by atoms with Crippen molar-refractivity contribution in [2.24, 2.45) is 0 Å². The highest BCUT2D eigenvalue weighted by molar-refractivity contribution is 4.87. The Hall–Kier alpha value is -0.630. The van der Waals surface area contributed by atoms with Gasteiger partial charge in [0.2, 0.25) is 0 Å². The first kappa shape index (κ1) is 7.37. The third-order valence-electron chi connectivity index (χ3n) is 0.629. The van der Waals surface area contributed by atoms with Gasteiger partial charge in [-0.3, -0.25) is 0 Å². The fourth-order valence-electron chi connectivity index (χ4n) is 0.297. The molecule has 0 atom stereocenters. The lowest BCUT2D eigenvalue weighted by atomic mass is 10.4. The molecule has 46 valence electrons. The minimum atomic E-state index is 0.0356.